The van der Waals surface area contributed by atoms with Gasteiger partial charge in [0.25, 0.3) is 5.91 Å². The summed E-state index contributed by atoms with van der Waals surface area (Å²) in [5.74, 6) is -0.130. The van der Waals surface area contributed by atoms with Crippen LogP contribution in [0.5, 0.6) is 5.75 Å². The highest BCUT2D eigenvalue weighted by molar-refractivity contribution is 8.26. The summed E-state index contributed by atoms with van der Waals surface area (Å²) in [6, 6.07) is 12.6. The van der Waals surface area contributed by atoms with E-state index in [4.69, 9.17) is 22.1 Å². The van der Waals surface area contributed by atoms with Crippen molar-refractivity contribution in [1.29, 1.82) is 0 Å². The van der Waals surface area contributed by atoms with Gasteiger partial charge < -0.3 is 10.1 Å². The molecule has 1 fully saturated rings. The number of thioether (sulfide) groups is 1. The molecule has 30 heavy (non-hydrogen) atoms. The van der Waals surface area contributed by atoms with Crippen LogP contribution < -0.4 is 15.2 Å². The molecule has 0 bridgehead atoms. The molecule has 2 amide bonds. The Morgan fingerprint density at radius 3 is 2.40 bits per heavy atom. The maximum Gasteiger partial charge on any atom is 0.266 e. The van der Waals surface area contributed by atoms with Gasteiger partial charge in [0.15, 0.2) is 0 Å². The molecule has 0 unspecified atom stereocenters. The fourth-order valence-corrected chi connectivity index (χ4v) is 4.33. The van der Waals surface area contributed by atoms with E-state index in [0.717, 1.165) is 17.3 Å². The molecule has 2 aromatic rings. The number of amides is 2. The smallest absolute Gasteiger partial charge is 0.266 e. The highest BCUT2D eigenvalue weighted by Crippen LogP contribution is 2.32. The first-order valence-corrected chi connectivity index (χ1v) is 11.3. The van der Waals surface area contributed by atoms with Crippen LogP contribution in [0.15, 0.2) is 58.3 Å². The zero-order chi connectivity index (χ0) is 21.9. The summed E-state index contributed by atoms with van der Waals surface area (Å²) in [5.41, 5.74) is 1.17. The summed E-state index contributed by atoms with van der Waals surface area (Å²) in [7, 11) is -2.25. The second kappa shape index (κ2) is 8.96. The molecular weight excluding hydrogens is 446 g/mol. The van der Waals surface area contributed by atoms with E-state index in [1.807, 2.05) is 12.1 Å². The Hall–Kier alpha value is -2.73. The van der Waals surface area contributed by atoms with E-state index >= 15 is 0 Å². The lowest BCUT2D eigenvalue weighted by Crippen LogP contribution is -2.36. The third-order valence-electron chi connectivity index (χ3n) is 4.06. The molecule has 0 spiro atoms. The van der Waals surface area contributed by atoms with E-state index in [0.29, 0.717) is 16.3 Å². The van der Waals surface area contributed by atoms with Crippen LogP contribution in [0.3, 0.4) is 0 Å². The quantitative estimate of drug-likeness (QED) is 0.498. The molecular formula is C19H17N3O5S3. The minimum Gasteiger partial charge on any atom is -0.497 e. The molecule has 0 saturated carbocycles. The van der Waals surface area contributed by atoms with Gasteiger partial charge in [-0.3, -0.25) is 14.5 Å². The molecule has 8 nitrogen and oxygen atoms in total. The Morgan fingerprint density at radius 1 is 1.20 bits per heavy atom. The lowest BCUT2D eigenvalue weighted by molar-refractivity contribution is -0.126. The number of ether oxygens (including phenoxy) is 1. The molecule has 0 aliphatic carbocycles. The van der Waals surface area contributed by atoms with Gasteiger partial charge in [0.1, 0.15) is 16.6 Å². The Balaban J connectivity index is 1.66. The largest absolute Gasteiger partial charge is 0.497 e. The van der Waals surface area contributed by atoms with Gasteiger partial charge in [-0.1, -0.05) is 36.1 Å². The predicted molar refractivity (Wildman–Crippen MR) is 119 cm³/mol. The normalized spacial score (nSPS) is 15.5. The van der Waals surface area contributed by atoms with Crippen LogP contribution in [-0.4, -0.2) is 43.1 Å². The van der Waals surface area contributed by atoms with Crippen LogP contribution in [0.2, 0.25) is 0 Å². The summed E-state index contributed by atoms with van der Waals surface area (Å²) in [5, 5.41) is 7.64. The second-order valence-electron chi connectivity index (χ2n) is 6.16. The molecule has 3 rings (SSSR count). The predicted octanol–water partition coefficient (Wildman–Crippen LogP) is 2.18. The third-order valence-corrected chi connectivity index (χ3v) is 6.36. The molecule has 0 aromatic heterocycles. The van der Waals surface area contributed by atoms with Gasteiger partial charge in [-0.05, 0) is 48.0 Å². The number of carbonyl (C=O) groups excluding carboxylic acids is 2. The number of hydrogen-bond acceptors (Lipinski definition) is 7. The first-order valence-electron chi connectivity index (χ1n) is 8.49. The van der Waals surface area contributed by atoms with Crippen molar-refractivity contribution >= 4 is 61.9 Å². The number of rotatable bonds is 6. The number of methoxy groups -OCH3 is 1. The minimum atomic E-state index is -3.82. The average Bonchev–Trinajstić information content (AvgIpc) is 2.95. The van der Waals surface area contributed by atoms with Crippen LogP contribution in [0.1, 0.15) is 5.56 Å². The molecule has 1 aliphatic heterocycles. The maximum absolute atomic E-state index is 12.7. The van der Waals surface area contributed by atoms with Crippen molar-refractivity contribution in [2.75, 3.05) is 19.0 Å². The third kappa shape index (κ3) is 5.25. The second-order valence-corrected chi connectivity index (χ2v) is 9.40. The van der Waals surface area contributed by atoms with Crippen molar-refractivity contribution in [3.8, 4) is 5.75 Å². The summed E-state index contributed by atoms with van der Waals surface area (Å²) in [6.07, 6.45) is 1.70. The first-order chi connectivity index (χ1) is 14.2. The summed E-state index contributed by atoms with van der Waals surface area (Å²) >= 11 is 6.35. The molecule has 1 saturated heterocycles. The van der Waals surface area contributed by atoms with Crippen LogP contribution >= 0.6 is 24.0 Å². The van der Waals surface area contributed by atoms with Gasteiger partial charge in [-0.2, -0.15) is 0 Å². The number of nitrogens with zero attached hydrogens (tertiary/aromatic N) is 1. The van der Waals surface area contributed by atoms with E-state index < -0.39 is 15.9 Å². The lowest BCUT2D eigenvalue weighted by atomic mass is 10.2. The minimum absolute atomic E-state index is 0.0684. The summed E-state index contributed by atoms with van der Waals surface area (Å²) in [6.45, 7) is -0.262. The Kier molecular flexibility index (Phi) is 6.56. The van der Waals surface area contributed by atoms with Gasteiger partial charge in [0.05, 0.1) is 16.9 Å². The van der Waals surface area contributed by atoms with E-state index in [1.165, 1.54) is 29.2 Å². The first kappa shape index (κ1) is 22.0. The van der Waals surface area contributed by atoms with Gasteiger partial charge in [0, 0.05) is 5.69 Å². The van der Waals surface area contributed by atoms with Crippen LogP contribution in [0.25, 0.3) is 6.08 Å². The molecule has 1 heterocycles. The fourth-order valence-electron chi connectivity index (χ4n) is 2.56. The highest BCUT2D eigenvalue weighted by Gasteiger charge is 2.33. The Morgan fingerprint density at radius 2 is 1.83 bits per heavy atom. The zero-order valence-corrected chi connectivity index (χ0v) is 18.1. The van der Waals surface area contributed by atoms with Crippen molar-refractivity contribution in [3.05, 3.63) is 59.0 Å². The molecule has 2 aromatic carbocycles. The van der Waals surface area contributed by atoms with Gasteiger partial charge in [0.2, 0.25) is 15.9 Å². The summed E-state index contributed by atoms with van der Waals surface area (Å²) < 4.78 is 27.9. The lowest BCUT2D eigenvalue weighted by Gasteiger charge is -2.14. The zero-order valence-electron chi connectivity index (χ0n) is 15.7. The van der Waals surface area contributed by atoms with Crippen LogP contribution in [0, 0.1) is 0 Å². The SMILES string of the molecule is COc1ccc(/C=C2/SC(=S)N(CC(=O)Nc3ccc(S(N)(=O)=O)cc3)C2=O)cc1. The van der Waals surface area contributed by atoms with E-state index in [9.17, 15) is 18.0 Å². The fraction of sp³-hybridized carbons (Fsp3) is 0.105. The molecule has 3 N–H and O–H groups in total. The van der Waals surface area contributed by atoms with Crippen molar-refractivity contribution in [2.24, 2.45) is 5.14 Å². The summed E-state index contributed by atoms with van der Waals surface area (Å²) in [4.78, 5) is 26.5. The van der Waals surface area contributed by atoms with E-state index in [1.54, 1.807) is 25.3 Å². The number of primary sulfonamides is 1. The highest BCUT2D eigenvalue weighted by atomic mass is 32.2. The number of sulfonamides is 1. The van der Waals surface area contributed by atoms with Crippen molar-refractivity contribution in [2.45, 2.75) is 4.90 Å². The monoisotopic (exact) mass is 463 g/mol. The molecule has 1 aliphatic rings. The Labute approximate surface area is 183 Å². The number of hydrogen-bond donors (Lipinski definition) is 2. The molecule has 11 heteroatoms. The number of carbonyl (C=O) groups is 2. The number of anilines is 1. The number of nitrogens with one attached hydrogen (secondary N) is 1. The average molecular weight is 464 g/mol. The van der Waals surface area contributed by atoms with Crippen molar-refractivity contribution in [1.82, 2.24) is 4.90 Å². The number of thiocarbonyl (C=S) groups is 1. The number of benzene rings is 2. The molecule has 0 radical (unpaired) electrons. The van der Waals surface area contributed by atoms with Gasteiger partial charge in [-0.25, -0.2) is 13.6 Å². The van der Waals surface area contributed by atoms with Crippen molar-refractivity contribution < 1.29 is 22.7 Å². The standard InChI is InChI=1S/C19H17N3O5S3/c1-27-14-6-2-12(3-7-14)10-16-18(24)22(19(28)29-16)11-17(23)21-13-4-8-15(9-5-13)30(20,25)26/h2-10H,11H2,1H3,(H,21,23)(H2,20,25,26)/b16-10+. The maximum atomic E-state index is 12.7. The molecule has 0 atom stereocenters. The molecule has 156 valence electrons. The van der Waals surface area contributed by atoms with Crippen molar-refractivity contribution in [3.63, 3.8) is 0 Å². The number of nitrogens with two attached hydrogens (primary N) is 1. The van der Waals surface area contributed by atoms with Gasteiger partial charge in [-0.15, -0.1) is 0 Å². The Bertz CT molecular complexity index is 1130. The van der Waals surface area contributed by atoms with Gasteiger partial charge >= 0.3 is 0 Å². The topological polar surface area (TPSA) is 119 Å². The van der Waals surface area contributed by atoms with Crippen LogP contribution in [-0.2, 0) is 19.6 Å². The van der Waals surface area contributed by atoms with Crippen LogP contribution in [0.4, 0.5) is 5.69 Å². The van der Waals surface area contributed by atoms with E-state index in [-0.39, 0.29) is 21.7 Å². The van der Waals surface area contributed by atoms with E-state index in [2.05, 4.69) is 5.32 Å².